The number of aliphatic hydroxyl groups is 1. The van der Waals surface area contributed by atoms with Crippen LogP contribution in [-0.4, -0.2) is 27.1 Å². The third-order valence-electron chi connectivity index (χ3n) is 4.33. The van der Waals surface area contributed by atoms with Crippen LogP contribution in [0.1, 0.15) is 36.9 Å². The van der Waals surface area contributed by atoms with Crippen molar-refractivity contribution in [2.45, 2.75) is 45.3 Å². The summed E-state index contributed by atoms with van der Waals surface area (Å²) in [6.07, 6.45) is 8.70. The second-order valence-electron chi connectivity index (χ2n) is 5.93. The van der Waals surface area contributed by atoms with Gasteiger partial charge in [0.2, 0.25) is 0 Å². The van der Waals surface area contributed by atoms with Crippen LogP contribution in [0.4, 0.5) is 0 Å². The molecule has 2 N–H and O–H groups in total. The first-order valence-electron chi connectivity index (χ1n) is 7.55. The fourth-order valence-electron chi connectivity index (χ4n) is 3.12. The Morgan fingerprint density at radius 2 is 2.20 bits per heavy atom. The number of aromatic nitrogens is 2. The largest absolute Gasteiger partial charge is 0.392 e. The van der Waals surface area contributed by atoms with E-state index in [1.807, 2.05) is 12.3 Å². The third-order valence-corrected chi connectivity index (χ3v) is 4.33. The maximum absolute atomic E-state index is 10.2. The molecule has 1 unspecified atom stereocenters. The number of hydrogen-bond donors (Lipinski definition) is 2. The lowest BCUT2D eigenvalue weighted by molar-refractivity contribution is 0.109. The first-order valence-corrected chi connectivity index (χ1v) is 7.55. The lowest BCUT2D eigenvalue weighted by Gasteiger charge is -2.18. The first-order chi connectivity index (χ1) is 9.74. The van der Waals surface area contributed by atoms with Crippen molar-refractivity contribution in [3.63, 3.8) is 0 Å². The molecular weight excluding hydrogens is 250 g/mol. The number of aliphatic hydroxyl groups excluding tert-OH is 1. The van der Waals surface area contributed by atoms with E-state index in [0.717, 1.165) is 17.9 Å². The number of fused-ring (bicyclic) bond motifs is 1. The highest BCUT2D eigenvalue weighted by Gasteiger charge is 2.22. The number of rotatable bonds is 5. The zero-order valence-electron chi connectivity index (χ0n) is 12.0. The summed E-state index contributed by atoms with van der Waals surface area (Å²) in [4.78, 5) is 4.40. The van der Waals surface area contributed by atoms with Crippen molar-refractivity contribution in [1.29, 1.82) is 0 Å². The molecular formula is C16H23N3O. The van der Waals surface area contributed by atoms with Gasteiger partial charge in [-0.05, 0) is 37.3 Å². The molecule has 1 atom stereocenters. The Morgan fingerprint density at radius 1 is 1.40 bits per heavy atom. The maximum atomic E-state index is 10.2. The van der Waals surface area contributed by atoms with E-state index in [4.69, 9.17) is 0 Å². The summed E-state index contributed by atoms with van der Waals surface area (Å²) in [6, 6.07) is 4.11. The minimum Gasteiger partial charge on any atom is -0.392 e. The first kappa shape index (κ1) is 13.6. The van der Waals surface area contributed by atoms with E-state index in [1.54, 1.807) is 0 Å². The molecule has 0 spiro atoms. The minimum atomic E-state index is -0.210. The molecule has 1 aliphatic carbocycles. The zero-order chi connectivity index (χ0) is 13.9. The van der Waals surface area contributed by atoms with Crippen molar-refractivity contribution in [3.05, 3.63) is 35.8 Å². The van der Waals surface area contributed by atoms with Crippen molar-refractivity contribution in [2.24, 2.45) is 5.92 Å². The molecule has 2 aromatic rings. The van der Waals surface area contributed by atoms with Gasteiger partial charge >= 0.3 is 0 Å². The van der Waals surface area contributed by atoms with Gasteiger partial charge in [0.15, 0.2) is 0 Å². The number of imidazole rings is 1. The van der Waals surface area contributed by atoms with Crippen molar-refractivity contribution in [3.8, 4) is 0 Å². The summed E-state index contributed by atoms with van der Waals surface area (Å²) in [7, 11) is 0. The molecule has 1 saturated carbocycles. The number of nitrogens with one attached hydrogen (secondary N) is 1. The van der Waals surface area contributed by atoms with Gasteiger partial charge in [0.05, 0.1) is 18.0 Å². The molecule has 4 nitrogen and oxygen atoms in total. The van der Waals surface area contributed by atoms with Gasteiger partial charge in [-0.15, -0.1) is 0 Å². The molecule has 2 aromatic heterocycles. The molecule has 2 heterocycles. The van der Waals surface area contributed by atoms with Crippen LogP contribution in [0.5, 0.6) is 0 Å². The number of nitrogens with zero attached hydrogens (tertiary/aromatic N) is 2. The second kappa shape index (κ2) is 5.94. The van der Waals surface area contributed by atoms with Crippen LogP contribution in [0.2, 0.25) is 0 Å². The smallest absolute Gasteiger partial charge is 0.136 e. The predicted octanol–water partition coefficient (Wildman–Crippen LogP) is 2.28. The Balaban J connectivity index is 1.58. The molecule has 1 aliphatic rings. The van der Waals surface area contributed by atoms with Crippen LogP contribution < -0.4 is 5.32 Å². The predicted molar refractivity (Wildman–Crippen MR) is 79.6 cm³/mol. The van der Waals surface area contributed by atoms with E-state index < -0.39 is 0 Å². The monoisotopic (exact) mass is 273 g/mol. The van der Waals surface area contributed by atoms with E-state index in [9.17, 15) is 5.11 Å². The molecule has 0 aromatic carbocycles. The highest BCUT2D eigenvalue weighted by atomic mass is 16.3. The van der Waals surface area contributed by atoms with Gasteiger partial charge in [-0.3, -0.25) is 0 Å². The molecule has 0 aliphatic heterocycles. The summed E-state index contributed by atoms with van der Waals surface area (Å²) < 4.78 is 2.12. The van der Waals surface area contributed by atoms with Gasteiger partial charge in [0.1, 0.15) is 5.65 Å². The normalized spacial score (nSPS) is 17.9. The van der Waals surface area contributed by atoms with Crippen LogP contribution in [0.3, 0.4) is 0 Å². The van der Waals surface area contributed by atoms with Crippen LogP contribution in [-0.2, 0) is 6.54 Å². The van der Waals surface area contributed by atoms with Gasteiger partial charge in [0, 0.05) is 19.3 Å². The van der Waals surface area contributed by atoms with Crippen molar-refractivity contribution in [1.82, 2.24) is 14.7 Å². The van der Waals surface area contributed by atoms with E-state index in [2.05, 4.69) is 33.9 Å². The SMILES string of the molecule is Cc1ccc2ncc(CNCC(O)C3CCCC3)n2c1. The topological polar surface area (TPSA) is 49.6 Å². The van der Waals surface area contributed by atoms with Gasteiger partial charge < -0.3 is 14.8 Å². The van der Waals surface area contributed by atoms with Crippen LogP contribution in [0.15, 0.2) is 24.5 Å². The van der Waals surface area contributed by atoms with E-state index >= 15 is 0 Å². The average molecular weight is 273 g/mol. The lowest BCUT2D eigenvalue weighted by atomic mass is 10.0. The average Bonchev–Trinajstić information content (AvgIpc) is 3.08. The fourth-order valence-corrected chi connectivity index (χ4v) is 3.12. The molecule has 0 radical (unpaired) electrons. The Morgan fingerprint density at radius 3 is 3.00 bits per heavy atom. The van der Waals surface area contributed by atoms with Gasteiger partial charge in [0.25, 0.3) is 0 Å². The molecule has 0 amide bonds. The zero-order valence-corrected chi connectivity index (χ0v) is 12.0. The lowest BCUT2D eigenvalue weighted by Crippen LogP contribution is -2.31. The fraction of sp³-hybridized carbons (Fsp3) is 0.562. The second-order valence-corrected chi connectivity index (χ2v) is 5.93. The van der Waals surface area contributed by atoms with Crippen LogP contribution >= 0.6 is 0 Å². The maximum Gasteiger partial charge on any atom is 0.136 e. The summed E-state index contributed by atoms with van der Waals surface area (Å²) in [6.45, 7) is 3.50. The molecule has 0 bridgehead atoms. The van der Waals surface area contributed by atoms with Crippen molar-refractivity contribution in [2.75, 3.05) is 6.54 Å². The Labute approximate surface area is 119 Å². The number of hydrogen-bond acceptors (Lipinski definition) is 3. The summed E-state index contributed by atoms with van der Waals surface area (Å²) >= 11 is 0. The summed E-state index contributed by atoms with van der Waals surface area (Å²) in [5.41, 5.74) is 3.34. The molecule has 108 valence electrons. The minimum absolute atomic E-state index is 0.210. The number of pyridine rings is 1. The highest BCUT2D eigenvalue weighted by Crippen LogP contribution is 2.27. The standard InChI is InChI=1S/C16H23N3O/c1-12-6-7-16-18-9-14(19(16)11-12)8-17-10-15(20)13-4-2-3-5-13/h6-7,9,11,13,15,17,20H,2-5,8,10H2,1H3. The Hall–Kier alpha value is -1.39. The Kier molecular flexibility index (Phi) is 4.03. The van der Waals surface area contributed by atoms with E-state index in [0.29, 0.717) is 12.5 Å². The van der Waals surface area contributed by atoms with Gasteiger partial charge in [-0.2, -0.15) is 0 Å². The van der Waals surface area contributed by atoms with Crippen molar-refractivity contribution < 1.29 is 5.11 Å². The quantitative estimate of drug-likeness (QED) is 0.878. The molecule has 20 heavy (non-hydrogen) atoms. The molecule has 3 rings (SSSR count). The third kappa shape index (κ3) is 2.86. The molecule has 0 saturated heterocycles. The van der Waals surface area contributed by atoms with E-state index in [-0.39, 0.29) is 6.10 Å². The van der Waals surface area contributed by atoms with Crippen LogP contribution in [0, 0.1) is 12.8 Å². The highest BCUT2D eigenvalue weighted by molar-refractivity contribution is 5.41. The molecule has 4 heteroatoms. The Bertz CT molecular complexity index is 572. The van der Waals surface area contributed by atoms with Gasteiger partial charge in [-0.25, -0.2) is 4.98 Å². The summed E-state index contributed by atoms with van der Waals surface area (Å²) in [5, 5.41) is 13.5. The number of aryl methyl sites for hydroxylation is 1. The van der Waals surface area contributed by atoms with Gasteiger partial charge in [-0.1, -0.05) is 18.9 Å². The van der Waals surface area contributed by atoms with E-state index in [1.165, 1.54) is 31.2 Å². The van der Waals surface area contributed by atoms with Crippen LogP contribution in [0.25, 0.3) is 5.65 Å². The molecule has 1 fully saturated rings. The summed E-state index contributed by atoms with van der Waals surface area (Å²) in [5.74, 6) is 0.493. The van der Waals surface area contributed by atoms with Crippen molar-refractivity contribution >= 4 is 5.65 Å².